The molecule has 0 unspecified atom stereocenters. The first-order chi connectivity index (χ1) is 9.16. The number of aliphatic hydroxyl groups excluding tert-OH is 1. The predicted molar refractivity (Wildman–Crippen MR) is 74.5 cm³/mol. The third kappa shape index (κ3) is 2.21. The van der Waals surface area contributed by atoms with Gasteiger partial charge in [-0.15, -0.1) is 0 Å². The minimum atomic E-state index is 0.243. The van der Waals surface area contributed by atoms with Gasteiger partial charge >= 0.3 is 0 Å². The summed E-state index contributed by atoms with van der Waals surface area (Å²) >= 11 is 6.06. The molecule has 0 saturated heterocycles. The molecule has 0 atom stereocenters. The van der Waals surface area contributed by atoms with E-state index in [0.717, 1.165) is 37.0 Å². The van der Waals surface area contributed by atoms with E-state index in [-0.39, 0.29) is 5.92 Å². The lowest BCUT2D eigenvalue weighted by Crippen LogP contribution is -2.16. The van der Waals surface area contributed by atoms with Crippen molar-refractivity contribution < 1.29 is 5.11 Å². The molecule has 0 radical (unpaired) electrons. The van der Waals surface area contributed by atoms with Gasteiger partial charge in [-0.1, -0.05) is 18.2 Å². The number of hydrogen-bond donors (Lipinski definition) is 1. The number of hydrogen-bond acceptors (Lipinski definition) is 3. The fourth-order valence-corrected chi connectivity index (χ4v) is 3.10. The van der Waals surface area contributed by atoms with Crippen molar-refractivity contribution in [3.63, 3.8) is 0 Å². The van der Waals surface area contributed by atoms with Crippen LogP contribution in [0.2, 0.25) is 5.15 Å². The van der Waals surface area contributed by atoms with Crippen LogP contribution in [0.25, 0.3) is 5.52 Å². The Morgan fingerprint density at radius 2 is 2.05 bits per heavy atom. The summed E-state index contributed by atoms with van der Waals surface area (Å²) in [6.07, 6.45) is 9.35. The van der Waals surface area contributed by atoms with Gasteiger partial charge in [-0.3, -0.25) is 4.40 Å². The van der Waals surface area contributed by atoms with E-state index in [1.54, 1.807) is 12.4 Å². The molecule has 2 aromatic rings. The largest absolute Gasteiger partial charge is 0.513 e. The number of halogens is 1. The first-order valence-electron chi connectivity index (χ1n) is 6.52. The summed E-state index contributed by atoms with van der Waals surface area (Å²) in [6, 6.07) is 0. The van der Waals surface area contributed by atoms with E-state index in [0.29, 0.717) is 16.8 Å². The van der Waals surface area contributed by atoms with Gasteiger partial charge in [-0.25, -0.2) is 9.97 Å². The summed E-state index contributed by atoms with van der Waals surface area (Å²) in [5.41, 5.74) is 0.854. The van der Waals surface area contributed by atoms with Crippen molar-refractivity contribution in [2.24, 2.45) is 5.92 Å². The number of allylic oxidation sites excluding steroid dienone is 1. The highest BCUT2D eigenvalue weighted by Gasteiger charge is 2.26. The molecule has 4 nitrogen and oxygen atoms in total. The summed E-state index contributed by atoms with van der Waals surface area (Å²) in [4.78, 5) is 8.56. The van der Waals surface area contributed by atoms with Gasteiger partial charge in [-0.2, -0.15) is 0 Å². The number of aromatic nitrogens is 3. The molecular weight excluding hydrogens is 262 g/mol. The molecule has 5 heteroatoms. The lowest BCUT2D eigenvalue weighted by Gasteiger charge is -2.27. The number of rotatable bonds is 2. The topological polar surface area (TPSA) is 50.4 Å². The Morgan fingerprint density at radius 1 is 1.32 bits per heavy atom. The third-order valence-electron chi connectivity index (χ3n) is 4.00. The SMILES string of the molecule is C=C(O)[C@H]1CC[C@H](c2ncc3c(Cl)nccn32)CC1. The second kappa shape index (κ2) is 4.85. The lowest BCUT2D eigenvalue weighted by molar-refractivity contribution is 0.261. The van der Waals surface area contributed by atoms with Gasteiger partial charge in [0.25, 0.3) is 0 Å². The van der Waals surface area contributed by atoms with Gasteiger partial charge in [0, 0.05) is 24.2 Å². The predicted octanol–water partition coefficient (Wildman–Crippen LogP) is 3.73. The third-order valence-corrected chi connectivity index (χ3v) is 4.30. The zero-order valence-electron chi connectivity index (χ0n) is 10.6. The van der Waals surface area contributed by atoms with Gasteiger partial charge in [-0.05, 0) is 25.7 Å². The molecule has 0 aliphatic heterocycles. The maximum absolute atomic E-state index is 9.46. The first-order valence-corrected chi connectivity index (χ1v) is 6.90. The van der Waals surface area contributed by atoms with E-state index in [1.807, 2.05) is 10.6 Å². The molecule has 1 saturated carbocycles. The smallest absolute Gasteiger partial charge is 0.154 e. The van der Waals surface area contributed by atoms with Crippen molar-refractivity contribution in [1.82, 2.24) is 14.4 Å². The van der Waals surface area contributed by atoms with Gasteiger partial charge in [0.1, 0.15) is 11.3 Å². The van der Waals surface area contributed by atoms with E-state index in [9.17, 15) is 5.11 Å². The molecule has 0 aromatic carbocycles. The molecule has 19 heavy (non-hydrogen) atoms. The molecule has 100 valence electrons. The van der Waals surface area contributed by atoms with E-state index >= 15 is 0 Å². The summed E-state index contributed by atoms with van der Waals surface area (Å²) in [5, 5.41) is 9.95. The van der Waals surface area contributed by atoms with Crippen molar-refractivity contribution in [2.45, 2.75) is 31.6 Å². The number of imidazole rings is 1. The second-order valence-electron chi connectivity index (χ2n) is 5.13. The number of aliphatic hydroxyl groups is 1. The van der Waals surface area contributed by atoms with Crippen LogP contribution in [0.3, 0.4) is 0 Å². The van der Waals surface area contributed by atoms with Crippen LogP contribution in [0, 0.1) is 5.92 Å². The first kappa shape index (κ1) is 12.5. The molecule has 1 aliphatic rings. The van der Waals surface area contributed by atoms with E-state index in [1.165, 1.54) is 0 Å². The Labute approximate surface area is 116 Å². The fraction of sp³-hybridized carbons (Fsp3) is 0.429. The molecule has 3 rings (SSSR count). The maximum Gasteiger partial charge on any atom is 0.154 e. The zero-order chi connectivity index (χ0) is 13.4. The quantitative estimate of drug-likeness (QED) is 0.851. The van der Waals surface area contributed by atoms with E-state index in [2.05, 4.69) is 16.5 Å². The van der Waals surface area contributed by atoms with Crippen molar-refractivity contribution in [3.8, 4) is 0 Å². The van der Waals surface area contributed by atoms with Crippen LogP contribution in [-0.2, 0) is 0 Å². The van der Waals surface area contributed by atoms with Crippen LogP contribution in [0.15, 0.2) is 30.9 Å². The van der Waals surface area contributed by atoms with Gasteiger partial charge in [0.05, 0.1) is 12.0 Å². The summed E-state index contributed by atoms with van der Waals surface area (Å²) in [7, 11) is 0. The minimum absolute atomic E-state index is 0.243. The molecule has 2 heterocycles. The normalized spacial score (nSPS) is 23.6. The van der Waals surface area contributed by atoms with Crippen molar-refractivity contribution in [2.75, 3.05) is 0 Å². The van der Waals surface area contributed by atoms with Crippen molar-refractivity contribution >= 4 is 17.1 Å². The average molecular weight is 278 g/mol. The Balaban J connectivity index is 1.86. The van der Waals surface area contributed by atoms with Crippen molar-refractivity contribution in [3.05, 3.63) is 41.9 Å². The van der Waals surface area contributed by atoms with Crippen LogP contribution >= 0.6 is 11.6 Å². The lowest BCUT2D eigenvalue weighted by atomic mass is 9.81. The molecule has 1 aliphatic carbocycles. The zero-order valence-corrected chi connectivity index (χ0v) is 11.3. The Hall–Kier alpha value is -1.55. The standard InChI is InChI=1S/C14H16ClN3O/c1-9(19)10-2-4-11(5-3-10)14-17-8-12-13(15)16-6-7-18(12)14/h6-8,10-11,19H,1-5H2/t10-,11-. The molecule has 0 amide bonds. The molecule has 1 fully saturated rings. The monoisotopic (exact) mass is 277 g/mol. The van der Waals surface area contributed by atoms with Crippen LogP contribution in [-0.4, -0.2) is 19.5 Å². The number of nitrogens with zero attached hydrogens (tertiary/aromatic N) is 3. The highest BCUT2D eigenvalue weighted by Crippen LogP contribution is 2.37. The van der Waals surface area contributed by atoms with Crippen LogP contribution in [0.1, 0.15) is 37.4 Å². The Morgan fingerprint density at radius 3 is 2.74 bits per heavy atom. The highest BCUT2D eigenvalue weighted by molar-refractivity contribution is 6.32. The summed E-state index contributed by atoms with van der Waals surface area (Å²) in [6.45, 7) is 3.64. The molecular formula is C14H16ClN3O. The van der Waals surface area contributed by atoms with E-state index in [4.69, 9.17) is 11.6 Å². The van der Waals surface area contributed by atoms with Crippen LogP contribution in [0.5, 0.6) is 0 Å². The highest BCUT2D eigenvalue weighted by atomic mass is 35.5. The Kier molecular flexibility index (Phi) is 3.19. The number of fused-ring (bicyclic) bond motifs is 1. The summed E-state index contributed by atoms with van der Waals surface area (Å²) in [5.74, 6) is 2.02. The van der Waals surface area contributed by atoms with Gasteiger partial charge in [0.2, 0.25) is 0 Å². The van der Waals surface area contributed by atoms with Crippen LogP contribution < -0.4 is 0 Å². The molecule has 2 aromatic heterocycles. The summed E-state index contributed by atoms with van der Waals surface area (Å²) < 4.78 is 2.02. The minimum Gasteiger partial charge on any atom is -0.513 e. The molecule has 0 bridgehead atoms. The van der Waals surface area contributed by atoms with Crippen LogP contribution in [0.4, 0.5) is 0 Å². The average Bonchev–Trinajstić information content (AvgIpc) is 2.84. The van der Waals surface area contributed by atoms with Gasteiger partial charge in [0.15, 0.2) is 5.15 Å². The van der Waals surface area contributed by atoms with Crippen molar-refractivity contribution in [1.29, 1.82) is 0 Å². The molecule has 0 spiro atoms. The maximum atomic E-state index is 9.46. The van der Waals surface area contributed by atoms with E-state index < -0.39 is 0 Å². The Bertz CT molecular complexity index is 614. The fourth-order valence-electron chi connectivity index (χ4n) is 2.90. The molecule has 1 N–H and O–H groups in total. The van der Waals surface area contributed by atoms with Gasteiger partial charge < -0.3 is 5.11 Å². The second-order valence-corrected chi connectivity index (χ2v) is 5.49.